The first kappa shape index (κ1) is 30.4. The molecule has 0 saturated heterocycles. The lowest BCUT2D eigenvalue weighted by Crippen LogP contribution is -2.53. The minimum Gasteiger partial charge on any atom is -0.483 e. The van der Waals surface area contributed by atoms with Crippen LogP contribution in [0.5, 0.6) is 5.75 Å². The number of hydrogen-bond donors (Lipinski definition) is 1. The van der Waals surface area contributed by atoms with E-state index >= 15 is 0 Å². The fourth-order valence-electron chi connectivity index (χ4n) is 5.48. The van der Waals surface area contributed by atoms with Gasteiger partial charge in [-0.2, -0.15) is 0 Å². The Morgan fingerprint density at radius 1 is 0.881 bits per heavy atom. The van der Waals surface area contributed by atoms with E-state index in [1.807, 2.05) is 72.8 Å². The van der Waals surface area contributed by atoms with Gasteiger partial charge in [-0.3, -0.25) is 9.59 Å². The minimum atomic E-state index is -0.750. The maximum atomic E-state index is 14.0. The van der Waals surface area contributed by atoms with Gasteiger partial charge in [-0.15, -0.1) is 0 Å². The number of carbonyl (C=O) groups is 2. The van der Waals surface area contributed by atoms with E-state index in [2.05, 4.69) is 21.2 Å². The fraction of sp³-hybridized carbons (Fsp3) is 0.294. The zero-order chi connectivity index (χ0) is 29.5. The Hall–Kier alpha value is -3.06. The van der Waals surface area contributed by atoms with Gasteiger partial charge in [0.1, 0.15) is 11.8 Å². The smallest absolute Gasteiger partial charge is 0.261 e. The normalized spacial score (nSPS) is 14.4. The Balaban J connectivity index is 1.44. The van der Waals surface area contributed by atoms with E-state index in [1.54, 1.807) is 17.0 Å². The number of nitrogens with zero attached hydrogens (tertiary/aromatic N) is 1. The molecule has 1 atom stereocenters. The molecule has 8 heteroatoms. The van der Waals surface area contributed by atoms with Gasteiger partial charge in [-0.05, 0) is 68.9 Å². The second-order valence-corrected chi connectivity index (χ2v) is 12.3. The number of amides is 2. The summed E-state index contributed by atoms with van der Waals surface area (Å²) in [6.45, 7) is -0.0617. The highest BCUT2D eigenvalue weighted by atomic mass is 79.9. The number of benzene rings is 4. The molecular formula is C34H33BrCl2N2O3. The van der Waals surface area contributed by atoms with Crippen molar-refractivity contribution < 1.29 is 14.3 Å². The van der Waals surface area contributed by atoms with Crippen LogP contribution < -0.4 is 10.1 Å². The molecule has 1 aliphatic carbocycles. The molecule has 42 heavy (non-hydrogen) atoms. The van der Waals surface area contributed by atoms with E-state index in [9.17, 15) is 9.59 Å². The molecule has 2 amide bonds. The van der Waals surface area contributed by atoms with Gasteiger partial charge in [0.2, 0.25) is 5.91 Å². The topological polar surface area (TPSA) is 58.6 Å². The molecule has 0 radical (unpaired) electrons. The van der Waals surface area contributed by atoms with Crippen LogP contribution in [0, 0.1) is 0 Å². The van der Waals surface area contributed by atoms with Gasteiger partial charge >= 0.3 is 0 Å². The van der Waals surface area contributed by atoms with Crippen LogP contribution in [0.3, 0.4) is 0 Å². The second kappa shape index (κ2) is 14.4. The molecule has 0 aliphatic heterocycles. The lowest BCUT2D eigenvalue weighted by atomic mass is 9.94. The van der Waals surface area contributed by atoms with Crippen molar-refractivity contribution in [3.05, 3.63) is 111 Å². The molecule has 5 rings (SSSR count). The van der Waals surface area contributed by atoms with Crippen LogP contribution in [0.15, 0.2) is 89.4 Å². The first-order chi connectivity index (χ1) is 20.4. The summed E-state index contributed by atoms with van der Waals surface area (Å²) in [5.41, 5.74) is 1.74. The van der Waals surface area contributed by atoms with Crippen molar-refractivity contribution in [1.82, 2.24) is 10.2 Å². The van der Waals surface area contributed by atoms with Crippen LogP contribution in [-0.4, -0.2) is 35.4 Å². The Kier molecular flexibility index (Phi) is 10.4. The molecule has 4 aromatic rings. The average Bonchev–Trinajstić information content (AvgIpc) is 3.01. The quantitative estimate of drug-likeness (QED) is 0.185. The number of ether oxygens (including phenoxy) is 1. The maximum Gasteiger partial charge on any atom is 0.261 e. The van der Waals surface area contributed by atoms with Gasteiger partial charge in [-0.25, -0.2) is 0 Å². The first-order valence-electron chi connectivity index (χ1n) is 14.3. The van der Waals surface area contributed by atoms with Crippen molar-refractivity contribution in [3.63, 3.8) is 0 Å². The predicted octanol–water partition coefficient (Wildman–Crippen LogP) is 8.38. The van der Waals surface area contributed by atoms with Crippen molar-refractivity contribution in [2.24, 2.45) is 0 Å². The molecule has 0 bridgehead atoms. The summed E-state index contributed by atoms with van der Waals surface area (Å²) in [6.07, 6.45) is 5.63. The van der Waals surface area contributed by atoms with Gasteiger partial charge in [0.05, 0.1) is 14.5 Å². The molecule has 1 N–H and O–H groups in total. The highest BCUT2D eigenvalue weighted by Gasteiger charge is 2.32. The molecule has 1 unspecified atom stereocenters. The summed E-state index contributed by atoms with van der Waals surface area (Å²) in [6, 6.07) is 26.2. The van der Waals surface area contributed by atoms with E-state index in [0.717, 1.165) is 52.1 Å². The highest BCUT2D eigenvalue weighted by Crippen LogP contribution is 2.33. The van der Waals surface area contributed by atoms with Gasteiger partial charge in [-0.1, -0.05) is 109 Å². The average molecular weight is 668 g/mol. The number of carbonyl (C=O) groups excluding carboxylic acids is 2. The Morgan fingerprint density at radius 3 is 2.38 bits per heavy atom. The monoisotopic (exact) mass is 666 g/mol. The standard InChI is InChI=1S/C34H33BrCl2N2O3/c35-33-27-14-8-7-11-25(27)16-18-31(33)42-22-32(40)39(21-24-15-17-28(36)29(37)19-24)30(20-23-9-3-1-4-10-23)34(41)38-26-12-5-2-6-13-26/h1,3-4,7-11,14-19,26,30H,2,5-6,12-13,20-22H2,(H,38,41). The van der Waals surface area contributed by atoms with E-state index in [4.69, 9.17) is 27.9 Å². The van der Waals surface area contributed by atoms with Crippen molar-refractivity contribution in [3.8, 4) is 5.75 Å². The summed E-state index contributed by atoms with van der Waals surface area (Å²) in [5.74, 6) is 0.0923. The number of fused-ring (bicyclic) bond motifs is 1. The number of halogens is 3. The Morgan fingerprint density at radius 2 is 1.62 bits per heavy atom. The molecule has 1 saturated carbocycles. The summed E-state index contributed by atoms with van der Waals surface area (Å²) in [7, 11) is 0. The molecule has 0 spiro atoms. The summed E-state index contributed by atoms with van der Waals surface area (Å²) >= 11 is 16.2. The fourth-order valence-corrected chi connectivity index (χ4v) is 6.41. The summed E-state index contributed by atoms with van der Waals surface area (Å²) < 4.78 is 6.86. The third-order valence-corrected chi connectivity index (χ3v) is 9.30. The lowest BCUT2D eigenvalue weighted by molar-refractivity contribution is -0.143. The van der Waals surface area contributed by atoms with Gasteiger partial charge in [0, 0.05) is 19.0 Å². The van der Waals surface area contributed by atoms with Crippen LogP contribution in [-0.2, 0) is 22.6 Å². The summed E-state index contributed by atoms with van der Waals surface area (Å²) in [4.78, 5) is 29.6. The second-order valence-electron chi connectivity index (χ2n) is 10.7. The number of nitrogens with one attached hydrogen (secondary N) is 1. The van der Waals surface area contributed by atoms with Crippen molar-refractivity contribution >= 4 is 61.7 Å². The minimum absolute atomic E-state index is 0.108. The van der Waals surface area contributed by atoms with Crippen LogP contribution in [0.1, 0.15) is 43.2 Å². The van der Waals surface area contributed by atoms with Crippen molar-refractivity contribution in [2.45, 2.75) is 57.2 Å². The highest BCUT2D eigenvalue weighted by molar-refractivity contribution is 9.10. The predicted molar refractivity (Wildman–Crippen MR) is 173 cm³/mol. The first-order valence-corrected chi connectivity index (χ1v) is 15.8. The van der Waals surface area contributed by atoms with Gasteiger partial charge in [0.25, 0.3) is 5.91 Å². The van der Waals surface area contributed by atoms with E-state index in [0.29, 0.717) is 22.2 Å². The molecule has 0 heterocycles. The maximum absolute atomic E-state index is 14.0. The number of rotatable bonds is 10. The van der Waals surface area contributed by atoms with Crippen molar-refractivity contribution in [2.75, 3.05) is 6.61 Å². The molecule has 5 nitrogen and oxygen atoms in total. The van der Waals surface area contributed by atoms with Crippen LogP contribution >= 0.6 is 39.1 Å². The lowest BCUT2D eigenvalue weighted by Gasteiger charge is -2.33. The number of hydrogen-bond acceptors (Lipinski definition) is 3. The van der Waals surface area contributed by atoms with Crippen molar-refractivity contribution in [1.29, 1.82) is 0 Å². The van der Waals surface area contributed by atoms with Crippen LogP contribution in [0.4, 0.5) is 0 Å². The zero-order valence-corrected chi connectivity index (χ0v) is 26.3. The molecule has 1 aliphatic rings. The Bertz CT molecular complexity index is 1540. The Labute approximate surface area is 265 Å². The van der Waals surface area contributed by atoms with E-state index in [-0.39, 0.29) is 31.0 Å². The van der Waals surface area contributed by atoms with Gasteiger partial charge < -0.3 is 15.0 Å². The molecule has 0 aromatic heterocycles. The van der Waals surface area contributed by atoms with E-state index < -0.39 is 6.04 Å². The molecule has 4 aromatic carbocycles. The largest absolute Gasteiger partial charge is 0.483 e. The molecule has 1 fully saturated rings. The molecular weight excluding hydrogens is 635 g/mol. The molecule has 218 valence electrons. The van der Waals surface area contributed by atoms with Gasteiger partial charge in [0.15, 0.2) is 6.61 Å². The van der Waals surface area contributed by atoms with Crippen LogP contribution in [0.2, 0.25) is 10.0 Å². The van der Waals surface area contributed by atoms with Crippen LogP contribution in [0.25, 0.3) is 10.8 Å². The zero-order valence-electron chi connectivity index (χ0n) is 23.2. The summed E-state index contributed by atoms with van der Waals surface area (Å²) in [5, 5.41) is 6.13. The third kappa shape index (κ3) is 7.66. The van der Waals surface area contributed by atoms with E-state index in [1.165, 1.54) is 6.42 Å². The SMILES string of the molecule is O=C(NC1CCCCC1)C(Cc1ccccc1)N(Cc1ccc(Cl)c(Cl)c1)C(=O)COc1ccc2ccccc2c1Br. The third-order valence-electron chi connectivity index (χ3n) is 7.74.